The molecule has 0 aromatic heterocycles. The third-order valence-corrected chi connectivity index (χ3v) is 3.02. The molecule has 5 nitrogen and oxygen atoms in total. The van der Waals surface area contributed by atoms with Gasteiger partial charge in [0, 0.05) is 31.8 Å². The average molecular weight is 278 g/mol. The van der Waals surface area contributed by atoms with E-state index in [0.29, 0.717) is 11.1 Å². The quantitative estimate of drug-likeness (QED) is 0.848. The van der Waals surface area contributed by atoms with Gasteiger partial charge in [-0.3, -0.25) is 9.59 Å². The highest BCUT2D eigenvalue weighted by Gasteiger charge is 2.14. The van der Waals surface area contributed by atoms with Crippen molar-refractivity contribution in [3.05, 3.63) is 35.4 Å². The van der Waals surface area contributed by atoms with Crippen LogP contribution in [0.2, 0.25) is 0 Å². The van der Waals surface area contributed by atoms with E-state index in [1.54, 1.807) is 38.4 Å². The molecule has 1 aromatic carbocycles. The number of aliphatic hydroxyl groups is 1. The minimum Gasteiger partial charge on any atom is -0.391 e. The van der Waals surface area contributed by atoms with Crippen molar-refractivity contribution < 1.29 is 14.7 Å². The monoisotopic (exact) mass is 278 g/mol. The number of benzene rings is 1. The Morgan fingerprint density at radius 2 is 1.85 bits per heavy atom. The largest absolute Gasteiger partial charge is 0.391 e. The van der Waals surface area contributed by atoms with Crippen LogP contribution in [0.4, 0.5) is 0 Å². The molecule has 0 fully saturated rings. The van der Waals surface area contributed by atoms with E-state index in [2.05, 4.69) is 5.32 Å². The Bertz CT molecular complexity index is 484. The first-order valence-electron chi connectivity index (χ1n) is 6.61. The maximum atomic E-state index is 12.0. The normalized spacial score (nSPS) is 12.1. The summed E-state index contributed by atoms with van der Waals surface area (Å²) in [4.78, 5) is 25.3. The lowest BCUT2D eigenvalue weighted by Crippen LogP contribution is -2.34. The number of nitrogens with one attached hydrogen (secondary N) is 1. The van der Waals surface area contributed by atoms with Gasteiger partial charge in [0.15, 0.2) is 0 Å². The number of aliphatic hydroxyl groups excluding tert-OH is 1. The second kappa shape index (κ2) is 7.05. The Morgan fingerprint density at radius 3 is 2.40 bits per heavy atom. The molecule has 0 saturated carbocycles. The zero-order valence-corrected chi connectivity index (χ0v) is 12.4. The number of rotatable bonds is 5. The van der Waals surface area contributed by atoms with Gasteiger partial charge in [0.25, 0.3) is 11.8 Å². The lowest BCUT2D eigenvalue weighted by Gasteiger charge is -2.15. The third kappa shape index (κ3) is 4.35. The highest BCUT2D eigenvalue weighted by Crippen LogP contribution is 2.08. The SMILES string of the molecule is CC(C)C(O)CNC(=O)c1cccc(C(=O)N(C)C)c1. The topological polar surface area (TPSA) is 69.6 Å². The van der Waals surface area contributed by atoms with Crippen LogP contribution in [0.15, 0.2) is 24.3 Å². The number of carbonyl (C=O) groups excluding carboxylic acids is 2. The smallest absolute Gasteiger partial charge is 0.253 e. The first kappa shape index (κ1) is 16.2. The van der Waals surface area contributed by atoms with Crippen LogP contribution in [0.5, 0.6) is 0 Å². The highest BCUT2D eigenvalue weighted by molar-refractivity contribution is 5.99. The summed E-state index contributed by atoms with van der Waals surface area (Å²) in [7, 11) is 3.32. The summed E-state index contributed by atoms with van der Waals surface area (Å²) in [6, 6.07) is 6.54. The minimum absolute atomic E-state index is 0.0805. The van der Waals surface area contributed by atoms with Crippen molar-refractivity contribution in [2.75, 3.05) is 20.6 Å². The van der Waals surface area contributed by atoms with Crippen molar-refractivity contribution >= 4 is 11.8 Å². The summed E-state index contributed by atoms with van der Waals surface area (Å²) in [5.41, 5.74) is 0.876. The molecule has 1 atom stereocenters. The van der Waals surface area contributed by atoms with Gasteiger partial charge in [-0.05, 0) is 24.1 Å². The van der Waals surface area contributed by atoms with Crippen molar-refractivity contribution in [3.63, 3.8) is 0 Å². The molecule has 0 aliphatic rings. The maximum Gasteiger partial charge on any atom is 0.253 e. The fourth-order valence-electron chi connectivity index (χ4n) is 1.59. The number of hydrogen-bond acceptors (Lipinski definition) is 3. The van der Waals surface area contributed by atoms with Crippen LogP contribution in [0.1, 0.15) is 34.6 Å². The van der Waals surface area contributed by atoms with E-state index in [9.17, 15) is 14.7 Å². The van der Waals surface area contributed by atoms with Gasteiger partial charge in [-0.25, -0.2) is 0 Å². The first-order valence-corrected chi connectivity index (χ1v) is 6.61. The molecule has 0 aliphatic heterocycles. The van der Waals surface area contributed by atoms with Gasteiger partial charge >= 0.3 is 0 Å². The van der Waals surface area contributed by atoms with E-state index in [-0.39, 0.29) is 24.3 Å². The Morgan fingerprint density at radius 1 is 1.25 bits per heavy atom. The van der Waals surface area contributed by atoms with Gasteiger partial charge in [0.05, 0.1) is 6.10 Å². The van der Waals surface area contributed by atoms with E-state index in [1.807, 2.05) is 13.8 Å². The van der Waals surface area contributed by atoms with Crippen molar-refractivity contribution in [2.45, 2.75) is 20.0 Å². The van der Waals surface area contributed by atoms with Crippen LogP contribution in [-0.2, 0) is 0 Å². The number of carbonyl (C=O) groups is 2. The fourth-order valence-corrected chi connectivity index (χ4v) is 1.59. The molecule has 0 radical (unpaired) electrons. The van der Waals surface area contributed by atoms with Crippen LogP contribution in [0.3, 0.4) is 0 Å². The summed E-state index contributed by atoms with van der Waals surface area (Å²) < 4.78 is 0. The molecule has 1 aromatic rings. The molecular weight excluding hydrogens is 256 g/mol. The van der Waals surface area contributed by atoms with Gasteiger partial charge in [-0.2, -0.15) is 0 Å². The molecular formula is C15H22N2O3. The highest BCUT2D eigenvalue weighted by atomic mass is 16.3. The molecule has 2 N–H and O–H groups in total. The van der Waals surface area contributed by atoms with Crippen molar-refractivity contribution in [3.8, 4) is 0 Å². The van der Waals surface area contributed by atoms with Crippen LogP contribution < -0.4 is 5.32 Å². The first-order chi connectivity index (χ1) is 9.32. The Labute approximate surface area is 119 Å². The molecule has 0 aliphatic carbocycles. The van der Waals surface area contributed by atoms with Gasteiger partial charge in [-0.1, -0.05) is 19.9 Å². The second-order valence-corrected chi connectivity index (χ2v) is 5.30. The Hall–Kier alpha value is -1.88. The zero-order chi connectivity index (χ0) is 15.3. The van der Waals surface area contributed by atoms with Gasteiger partial charge < -0.3 is 15.3 Å². The summed E-state index contributed by atoms with van der Waals surface area (Å²) in [6.07, 6.45) is -0.578. The zero-order valence-electron chi connectivity index (χ0n) is 12.4. The summed E-state index contributed by atoms with van der Waals surface area (Å²) in [5.74, 6) is -0.364. The number of nitrogens with zero attached hydrogens (tertiary/aromatic N) is 1. The van der Waals surface area contributed by atoms with Gasteiger partial charge in [0.2, 0.25) is 0 Å². The summed E-state index contributed by atoms with van der Waals surface area (Å²) in [5, 5.41) is 12.3. The van der Waals surface area contributed by atoms with Crippen LogP contribution in [-0.4, -0.2) is 48.6 Å². The minimum atomic E-state index is -0.578. The summed E-state index contributed by atoms with van der Waals surface area (Å²) in [6.45, 7) is 3.96. The number of hydrogen-bond donors (Lipinski definition) is 2. The number of amides is 2. The fraction of sp³-hybridized carbons (Fsp3) is 0.467. The van der Waals surface area contributed by atoms with Crippen molar-refractivity contribution in [1.29, 1.82) is 0 Å². The Balaban J connectivity index is 2.74. The van der Waals surface area contributed by atoms with E-state index < -0.39 is 6.10 Å². The molecule has 0 bridgehead atoms. The van der Waals surface area contributed by atoms with Gasteiger partial charge in [-0.15, -0.1) is 0 Å². The average Bonchev–Trinajstić information content (AvgIpc) is 2.43. The molecule has 110 valence electrons. The molecule has 2 amide bonds. The van der Waals surface area contributed by atoms with E-state index in [4.69, 9.17) is 0 Å². The summed E-state index contributed by atoms with van der Waals surface area (Å²) >= 11 is 0. The van der Waals surface area contributed by atoms with Crippen molar-refractivity contribution in [1.82, 2.24) is 10.2 Å². The van der Waals surface area contributed by atoms with E-state index in [1.165, 1.54) is 4.90 Å². The molecule has 0 spiro atoms. The van der Waals surface area contributed by atoms with E-state index >= 15 is 0 Å². The van der Waals surface area contributed by atoms with Crippen molar-refractivity contribution in [2.24, 2.45) is 5.92 Å². The second-order valence-electron chi connectivity index (χ2n) is 5.30. The van der Waals surface area contributed by atoms with Gasteiger partial charge in [0.1, 0.15) is 0 Å². The molecule has 0 heterocycles. The van der Waals surface area contributed by atoms with Crippen LogP contribution in [0.25, 0.3) is 0 Å². The molecule has 1 rings (SSSR count). The third-order valence-electron chi connectivity index (χ3n) is 3.02. The van der Waals surface area contributed by atoms with Crippen LogP contribution in [0, 0.1) is 5.92 Å². The lowest BCUT2D eigenvalue weighted by atomic mass is 10.1. The molecule has 1 unspecified atom stereocenters. The lowest BCUT2D eigenvalue weighted by molar-refractivity contribution is 0.0827. The van der Waals surface area contributed by atoms with E-state index in [0.717, 1.165) is 0 Å². The standard InChI is InChI=1S/C15H22N2O3/c1-10(2)13(18)9-16-14(19)11-6-5-7-12(8-11)15(20)17(3)4/h5-8,10,13,18H,9H2,1-4H3,(H,16,19). The maximum absolute atomic E-state index is 12.0. The predicted octanol–water partition coefficient (Wildman–Crippen LogP) is 1.14. The molecule has 0 saturated heterocycles. The molecule has 5 heteroatoms. The Kier molecular flexibility index (Phi) is 5.70. The molecule has 20 heavy (non-hydrogen) atoms. The van der Waals surface area contributed by atoms with Crippen LogP contribution >= 0.6 is 0 Å². The predicted molar refractivity (Wildman–Crippen MR) is 77.6 cm³/mol.